The van der Waals surface area contributed by atoms with E-state index in [1.807, 2.05) is 10.9 Å². The van der Waals surface area contributed by atoms with Crippen molar-refractivity contribution in [1.82, 2.24) is 9.78 Å². The number of aryl methyl sites for hydroxylation is 2. The lowest BCUT2D eigenvalue weighted by molar-refractivity contribution is 0.686. The minimum Gasteiger partial charge on any atom is -0.268 e. The molecular weight excluding hydrogens is 244 g/mol. The Balaban J connectivity index is 1.82. The average molecular weight is 262 g/mol. The summed E-state index contributed by atoms with van der Waals surface area (Å²) in [6, 6.07) is 17.1. The van der Waals surface area contributed by atoms with E-state index in [-0.39, 0.29) is 0 Å². The maximum Gasteiger partial charge on any atom is 0.0659 e. The maximum atomic E-state index is 4.46. The van der Waals surface area contributed by atoms with Gasteiger partial charge in [-0.05, 0) is 25.0 Å². The lowest BCUT2D eigenvalue weighted by Gasteiger charge is -2.03. The number of hydrogen-bond acceptors (Lipinski definition) is 1. The lowest BCUT2D eigenvalue weighted by Crippen LogP contribution is -1.99. The molecule has 20 heavy (non-hydrogen) atoms. The highest BCUT2D eigenvalue weighted by atomic mass is 15.3. The van der Waals surface area contributed by atoms with Crippen molar-refractivity contribution in [2.24, 2.45) is 0 Å². The first kappa shape index (κ1) is 12.7. The Morgan fingerprint density at radius 3 is 2.45 bits per heavy atom. The van der Waals surface area contributed by atoms with Gasteiger partial charge in [-0.15, -0.1) is 0 Å². The molecule has 0 bridgehead atoms. The molecule has 2 nitrogen and oxygen atoms in total. The minimum absolute atomic E-state index is 0.813. The molecule has 0 saturated carbocycles. The Morgan fingerprint density at radius 2 is 1.70 bits per heavy atom. The fraction of sp³-hybridized carbons (Fsp3) is 0.167. The summed E-state index contributed by atoms with van der Waals surface area (Å²) >= 11 is 0. The van der Waals surface area contributed by atoms with E-state index in [0.717, 1.165) is 12.1 Å². The van der Waals surface area contributed by atoms with Crippen LogP contribution in [0.15, 0.2) is 60.9 Å². The van der Waals surface area contributed by atoms with Crippen LogP contribution in [-0.4, -0.2) is 9.78 Å². The summed E-state index contributed by atoms with van der Waals surface area (Å²) in [6.45, 7) is 5.03. The van der Waals surface area contributed by atoms with Crippen LogP contribution < -0.4 is 0 Å². The highest BCUT2D eigenvalue weighted by molar-refractivity contribution is 5.61. The largest absolute Gasteiger partial charge is 0.268 e. The molecular formula is C18H18N2. The van der Waals surface area contributed by atoms with Crippen LogP contribution in [0, 0.1) is 13.8 Å². The van der Waals surface area contributed by atoms with Crippen LogP contribution in [0.4, 0.5) is 0 Å². The van der Waals surface area contributed by atoms with E-state index >= 15 is 0 Å². The summed E-state index contributed by atoms with van der Waals surface area (Å²) in [7, 11) is 0. The molecule has 0 aliphatic heterocycles. The molecule has 0 saturated heterocycles. The van der Waals surface area contributed by atoms with E-state index in [2.05, 4.69) is 73.7 Å². The summed E-state index contributed by atoms with van der Waals surface area (Å²) < 4.78 is 1.99. The first-order valence-corrected chi connectivity index (χ1v) is 6.86. The number of benzene rings is 2. The highest BCUT2D eigenvalue weighted by Crippen LogP contribution is 2.19. The van der Waals surface area contributed by atoms with Crippen molar-refractivity contribution in [3.63, 3.8) is 0 Å². The quantitative estimate of drug-likeness (QED) is 0.691. The fourth-order valence-electron chi connectivity index (χ4n) is 2.34. The Kier molecular flexibility index (Phi) is 3.38. The Morgan fingerprint density at radius 1 is 0.900 bits per heavy atom. The number of rotatable bonds is 3. The van der Waals surface area contributed by atoms with E-state index in [0.29, 0.717) is 0 Å². The zero-order valence-electron chi connectivity index (χ0n) is 11.9. The van der Waals surface area contributed by atoms with Gasteiger partial charge in [-0.1, -0.05) is 59.7 Å². The first-order valence-electron chi connectivity index (χ1n) is 6.86. The molecule has 3 rings (SSSR count). The number of hydrogen-bond donors (Lipinski definition) is 0. The number of nitrogens with zero attached hydrogens (tertiary/aromatic N) is 2. The molecule has 100 valence electrons. The third-order valence-electron chi connectivity index (χ3n) is 3.45. The van der Waals surface area contributed by atoms with Gasteiger partial charge in [0, 0.05) is 11.8 Å². The third kappa shape index (κ3) is 2.80. The Hall–Kier alpha value is -2.35. The zero-order valence-corrected chi connectivity index (χ0v) is 11.9. The molecule has 0 radical (unpaired) electrons. The van der Waals surface area contributed by atoms with Gasteiger partial charge in [0.15, 0.2) is 0 Å². The standard InChI is InChI=1S/C18H18N2/c1-14-6-8-17(9-7-14)18-11-19-20(13-18)12-16-5-3-4-15(2)10-16/h3-11,13H,12H2,1-2H3. The molecule has 0 aliphatic rings. The summed E-state index contributed by atoms with van der Waals surface area (Å²) in [5.41, 5.74) is 6.22. The number of aromatic nitrogens is 2. The van der Waals surface area contributed by atoms with Crippen molar-refractivity contribution in [2.75, 3.05) is 0 Å². The van der Waals surface area contributed by atoms with E-state index < -0.39 is 0 Å². The van der Waals surface area contributed by atoms with Gasteiger partial charge in [-0.3, -0.25) is 4.68 Å². The van der Waals surface area contributed by atoms with Gasteiger partial charge in [0.25, 0.3) is 0 Å². The normalized spacial score (nSPS) is 10.7. The highest BCUT2D eigenvalue weighted by Gasteiger charge is 2.02. The summed E-state index contributed by atoms with van der Waals surface area (Å²) in [5.74, 6) is 0. The molecule has 1 aromatic heterocycles. The first-order chi connectivity index (χ1) is 9.70. The summed E-state index contributed by atoms with van der Waals surface area (Å²) in [4.78, 5) is 0. The van der Waals surface area contributed by atoms with Crippen LogP contribution in [0.5, 0.6) is 0 Å². The molecule has 0 unspecified atom stereocenters. The SMILES string of the molecule is Cc1ccc(-c2cnn(Cc3cccc(C)c3)c2)cc1. The van der Waals surface area contributed by atoms with E-state index in [1.165, 1.54) is 22.3 Å². The van der Waals surface area contributed by atoms with Crippen molar-refractivity contribution in [2.45, 2.75) is 20.4 Å². The monoisotopic (exact) mass is 262 g/mol. The second-order valence-electron chi connectivity index (χ2n) is 5.28. The summed E-state index contributed by atoms with van der Waals surface area (Å²) in [5, 5.41) is 4.46. The van der Waals surface area contributed by atoms with Gasteiger partial charge in [-0.25, -0.2) is 0 Å². The van der Waals surface area contributed by atoms with Crippen molar-refractivity contribution in [3.8, 4) is 11.1 Å². The third-order valence-corrected chi connectivity index (χ3v) is 3.45. The van der Waals surface area contributed by atoms with Gasteiger partial charge in [-0.2, -0.15) is 5.10 Å². The van der Waals surface area contributed by atoms with Crippen LogP contribution in [-0.2, 0) is 6.54 Å². The van der Waals surface area contributed by atoms with Crippen LogP contribution in [0.3, 0.4) is 0 Å². The maximum absolute atomic E-state index is 4.46. The van der Waals surface area contributed by atoms with Crippen LogP contribution in [0.25, 0.3) is 11.1 Å². The topological polar surface area (TPSA) is 17.8 Å². The van der Waals surface area contributed by atoms with Gasteiger partial charge >= 0.3 is 0 Å². The molecule has 0 spiro atoms. The van der Waals surface area contributed by atoms with E-state index in [1.54, 1.807) is 0 Å². The summed E-state index contributed by atoms with van der Waals surface area (Å²) in [6.07, 6.45) is 4.04. The predicted molar refractivity (Wildman–Crippen MR) is 82.7 cm³/mol. The van der Waals surface area contributed by atoms with Crippen molar-refractivity contribution in [1.29, 1.82) is 0 Å². The smallest absolute Gasteiger partial charge is 0.0659 e. The van der Waals surface area contributed by atoms with Crippen LogP contribution in [0.1, 0.15) is 16.7 Å². The fourth-order valence-corrected chi connectivity index (χ4v) is 2.34. The van der Waals surface area contributed by atoms with E-state index in [4.69, 9.17) is 0 Å². The van der Waals surface area contributed by atoms with Crippen LogP contribution in [0.2, 0.25) is 0 Å². The molecule has 0 atom stereocenters. The van der Waals surface area contributed by atoms with E-state index in [9.17, 15) is 0 Å². The molecule has 2 heteroatoms. The molecule has 0 N–H and O–H groups in total. The molecule has 2 aromatic carbocycles. The molecule has 1 heterocycles. The Labute approximate surface area is 119 Å². The van der Waals surface area contributed by atoms with Gasteiger partial charge < -0.3 is 0 Å². The van der Waals surface area contributed by atoms with Gasteiger partial charge in [0.2, 0.25) is 0 Å². The van der Waals surface area contributed by atoms with Crippen molar-refractivity contribution in [3.05, 3.63) is 77.6 Å². The molecule has 0 aliphatic carbocycles. The molecule has 0 fully saturated rings. The van der Waals surface area contributed by atoms with Gasteiger partial charge in [0.1, 0.15) is 0 Å². The second kappa shape index (κ2) is 5.33. The minimum atomic E-state index is 0.813. The lowest BCUT2D eigenvalue weighted by atomic mass is 10.1. The van der Waals surface area contributed by atoms with Crippen molar-refractivity contribution < 1.29 is 0 Å². The zero-order chi connectivity index (χ0) is 13.9. The van der Waals surface area contributed by atoms with Crippen molar-refractivity contribution >= 4 is 0 Å². The second-order valence-corrected chi connectivity index (χ2v) is 5.28. The molecule has 3 aromatic rings. The molecule has 0 amide bonds. The average Bonchev–Trinajstić information content (AvgIpc) is 2.88. The van der Waals surface area contributed by atoms with Crippen LogP contribution >= 0.6 is 0 Å². The predicted octanol–water partition coefficient (Wildman–Crippen LogP) is 4.22. The van der Waals surface area contributed by atoms with Gasteiger partial charge in [0.05, 0.1) is 12.7 Å². The Bertz CT molecular complexity index is 708.